The molecule has 0 unspecified atom stereocenters. The Labute approximate surface area is 114 Å². The van der Waals surface area contributed by atoms with Gasteiger partial charge in [-0.15, -0.1) is 12.4 Å². The minimum Gasteiger partial charge on any atom is -0.378 e. The molecule has 2 rings (SSSR count). The van der Waals surface area contributed by atoms with Crippen LogP contribution in [0.15, 0.2) is 36.4 Å². The molecule has 0 aromatic heterocycles. The number of halogens is 1. The predicted octanol–water partition coefficient (Wildman–Crippen LogP) is 3.46. The summed E-state index contributed by atoms with van der Waals surface area (Å²) in [5, 5.41) is 2.36. The first-order valence-electron chi connectivity index (χ1n) is 5.76. The molecule has 0 bridgehead atoms. The molecule has 0 aliphatic carbocycles. The van der Waals surface area contributed by atoms with E-state index in [1.165, 1.54) is 10.8 Å². The van der Waals surface area contributed by atoms with Gasteiger partial charge in [0, 0.05) is 26.2 Å². The standard InChI is InChI=1S/C15H17NO.ClH/c1-11(17)8-13-10-14(16(2)3)9-12-6-4-5-7-15(12)13;/h4-7,9-10H,8H2,1-3H3;1H. The maximum Gasteiger partial charge on any atom is 0.134 e. The molecule has 0 radical (unpaired) electrons. The molecule has 0 aliphatic rings. The number of rotatable bonds is 3. The van der Waals surface area contributed by atoms with Crippen LogP contribution >= 0.6 is 12.4 Å². The van der Waals surface area contributed by atoms with E-state index in [1.807, 2.05) is 26.2 Å². The summed E-state index contributed by atoms with van der Waals surface area (Å²) in [5.74, 6) is 0.200. The fourth-order valence-electron chi connectivity index (χ4n) is 2.05. The molecule has 0 saturated heterocycles. The van der Waals surface area contributed by atoms with Gasteiger partial charge in [-0.1, -0.05) is 24.3 Å². The van der Waals surface area contributed by atoms with E-state index in [4.69, 9.17) is 0 Å². The smallest absolute Gasteiger partial charge is 0.134 e. The van der Waals surface area contributed by atoms with Crippen molar-refractivity contribution in [3.8, 4) is 0 Å². The number of fused-ring (bicyclic) bond motifs is 1. The maximum absolute atomic E-state index is 11.3. The molecule has 2 nitrogen and oxygen atoms in total. The van der Waals surface area contributed by atoms with Gasteiger partial charge in [-0.3, -0.25) is 4.79 Å². The first kappa shape index (κ1) is 14.5. The summed E-state index contributed by atoms with van der Waals surface area (Å²) in [6.07, 6.45) is 0.502. The summed E-state index contributed by atoms with van der Waals surface area (Å²) in [7, 11) is 4.03. The molecule has 2 aromatic rings. The van der Waals surface area contributed by atoms with E-state index in [9.17, 15) is 4.79 Å². The molecule has 96 valence electrons. The van der Waals surface area contributed by atoms with Crippen LogP contribution in [0.3, 0.4) is 0 Å². The van der Waals surface area contributed by atoms with E-state index in [0.717, 1.165) is 11.3 Å². The summed E-state index contributed by atoms with van der Waals surface area (Å²) in [5.41, 5.74) is 2.25. The zero-order valence-electron chi connectivity index (χ0n) is 10.9. The van der Waals surface area contributed by atoms with Crippen LogP contribution in [0.1, 0.15) is 12.5 Å². The second-order valence-corrected chi connectivity index (χ2v) is 4.60. The largest absolute Gasteiger partial charge is 0.378 e. The van der Waals surface area contributed by atoms with Crippen LogP contribution in [0.25, 0.3) is 10.8 Å². The summed E-state index contributed by atoms with van der Waals surface area (Å²) < 4.78 is 0. The van der Waals surface area contributed by atoms with Crippen LogP contribution in [0, 0.1) is 0 Å². The Hall–Kier alpha value is -1.54. The van der Waals surface area contributed by atoms with Crippen LogP contribution in [0.4, 0.5) is 5.69 Å². The van der Waals surface area contributed by atoms with E-state index in [0.29, 0.717) is 6.42 Å². The van der Waals surface area contributed by atoms with Gasteiger partial charge in [-0.2, -0.15) is 0 Å². The van der Waals surface area contributed by atoms with Gasteiger partial charge >= 0.3 is 0 Å². The molecule has 2 aromatic carbocycles. The number of hydrogen-bond donors (Lipinski definition) is 0. The Morgan fingerprint density at radius 2 is 1.83 bits per heavy atom. The third-order valence-corrected chi connectivity index (χ3v) is 2.89. The molecular formula is C15H18ClNO. The Morgan fingerprint density at radius 3 is 2.44 bits per heavy atom. The Kier molecular flexibility index (Phi) is 4.74. The quantitative estimate of drug-likeness (QED) is 0.845. The third-order valence-electron chi connectivity index (χ3n) is 2.89. The highest BCUT2D eigenvalue weighted by Gasteiger charge is 2.07. The Morgan fingerprint density at radius 1 is 1.17 bits per heavy atom. The van der Waals surface area contributed by atoms with Crippen molar-refractivity contribution in [3.05, 3.63) is 42.0 Å². The first-order chi connectivity index (χ1) is 8.08. The number of nitrogens with zero attached hydrogens (tertiary/aromatic N) is 1. The molecule has 0 heterocycles. The summed E-state index contributed by atoms with van der Waals surface area (Å²) in [6.45, 7) is 1.64. The highest BCUT2D eigenvalue weighted by molar-refractivity contribution is 5.92. The normalized spacial score (nSPS) is 9.94. The average Bonchev–Trinajstić information content (AvgIpc) is 2.28. The Balaban J connectivity index is 0.00000162. The lowest BCUT2D eigenvalue weighted by Gasteiger charge is -2.16. The summed E-state index contributed by atoms with van der Waals surface area (Å²) in [6, 6.07) is 12.5. The van der Waals surface area contributed by atoms with Gasteiger partial charge in [0.25, 0.3) is 0 Å². The lowest BCUT2D eigenvalue weighted by Crippen LogP contribution is -2.09. The Bertz CT molecular complexity index is 563. The lowest BCUT2D eigenvalue weighted by atomic mass is 9.99. The van der Waals surface area contributed by atoms with Crippen molar-refractivity contribution < 1.29 is 4.79 Å². The molecule has 0 saturated carbocycles. The SMILES string of the molecule is CC(=O)Cc1cc(N(C)C)cc2ccccc12.Cl. The second-order valence-electron chi connectivity index (χ2n) is 4.60. The fourth-order valence-corrected chi connectivity index (χ4v) is 2.05. The van der Waals surface area contributed by atoms with Gasteiger partial charge in [0.05, 0.1) is 0 Å². The summed E-state index contributed by atoms with van der Waals surface area (Å²) >= 11 is 0. The fraction of sp³-hybridized carbons (Fsp3) is 0.267. The third kappa shape index (κ3) is 3.02. The van der Waals surface area contributed by atoms with Crippen molar-refractivity contribution in [2.45, 2.75) is 13.3 Å². The van der Waals surface area contributed by atoms with Crippen LogP contribution in [-0.2, 0) is 11.2 Å². The molecule has 0 aliphatic heterocycles. The molecular weight excluding hydrogens is 246 g/mol. The van der Waals surface area contributed by atoms with Crippen molar-refractivity contribution in [1.29, 1.82) is 0 Å². The maximum atomic E-state index is 11.3. The van der Waals surface area contributed by atoms with Crippen LogP contribution in [0.5, 0.6) is 0 Å². The topological polar surface area (TPSA) is 20.3 Å². The van der Waals surface area contributed by atoms with E-state index < -0.39 is 0 Å². The molecule has 0 atom stereocenters. The number of benzene rings is 2. The van der Waals surface area contributed by atoms with Crippen molar-refractivity contribution in [2.75, 3.05) is 19.0 Å². The lowest BCUT2D eigenvalue weighted by molar-refractivity contribution is -0.116. The molecule has 18 heavy (non-hydrogen) atoms. The van der Waals surface area contributed by atoms with Gasteiger partial charge in [0.1, 0.15) is 5.78 Å². The van der Waals surface area contributed by atoms with Gasteiger partial charge < -0.3 is 4.90 Å². The minimum atomic E-state index is 0. The van der Waals surface area contributed by atoms with Gasteiger partial charge in [-0.05, 0) is 35.4 Å². The molecule has 0 amide bonds. The number of carbonyl (C=O) groups is 1. The number of anilines is 1. The number of carbonyl (C=O) groups excluding carboxylic acids is 1. The van der Waals surface area contributed by atoms with Gasteiger partial charge in [0.15, 0.2) is 0 Å². The zero-order chi connectivity index (χ0) is 12.4. The predicted molar refractivity (Wildman–Crippen MR) is 79.9 cm³/mol. The zero-order valence-corrected chi connectivity index (χ0v) is 11.8. The molecule has 0 fully saturated rings. The molecule has 0 spiro atoms. The van der Waals surface area contributed by atoms with Crippen molar-refractivity contribution in [3.63, 3.8) is 0 Å². The second kappa shape index (κ2) is 5.87. The van der Waals surface area contributed by atoms with Crippen LogP contribution in [0.2, 0.25) is 0 Å². The molecule has 0 N–H and O–H groups in total. The van der Waals surface area contributed by atoms with E-state index >= 15 is 0 Å². The van der Waals surface area contributed by atoms with Crippen LogP contribution < -0.4 is 4.90 Å². The number of hydrogen-bond acceptors (Lipinski definition) is 2. The van der Waals surface area contributed by atoms with Gasteiger partial charge in [0.2, 0.25) is 0 Å². The number of Topliss-reactive ketones (excluding diaryl/α,β-unsaturated/α-hetero) is 1. The van der Waals surface area contributed by atoms with E-state index in [2.05, 4.69) is 29.2 Å². The average molecular weight is 264 g/mol. The van der Waals surface area contributed by atoms with Crippen molar-refractivity contribution >= 4 is 34.7 Å². The van der Waals surface area contributed by atoms with E-state index in [1.54, 1.807) is 6.92 Å². The summed E-state index contributed by atoms with van der Waals surface area (Å²) in [4.78, 5) is 13.4. The van der Waals surface area contributed by atoms with E-state index in [-0.39, 0.29) is 18.2 Å². The first-order valence-corrected chi connectivity index (χ1v) is 5.76. The highest BCUT2D eigenvalue weighted by atomic mass is 35.5. The van der Waals surface area contributed by atoms with Crippen molar-refractivity contribution in [1.82, 2.24) is 0 Å². The van der Waals surface area contributed by atoms with Crippen LogP contribution in [-0.4, -0.2) is 19.9 Å². The minimum absolute atomic E-state index is 0. The monoisotopic (exact) mass is 263 g/mol. The van der Waals surface area contributed by atoms with Gasteiger partial charge in [-0.25, -0.2) is 0 Å². The van der Waals surface area contributed by atoms with Crippen molar-refractivity contribution in [2.24, 2.45) is 0 Å². The highest BCUT2D eigenvalue weighted by Crippen LogP contribution is 2.25. The molecule has 3 heteroatoms. The number of ketones is 1.